The van der Waals surface area contributed by atoms with Crippen LogP contribution in [0.4, 0.5) is 0 Å². The summed E-state index contributed by atoms with van der Waals surface area (Å²) >= 11 is 0. The van der Waals surface area contributed by atoms with Gasteiger partial charge in [-0.1, -0.05) is 18.2 Å². The summed E-state index contributed by atoms with van der Waals surface area (Å²) < 4.78 is 6.77. The monoisotopic (exact) mass is 315 g/mol. The lowest BCUT2D eigenvalue weighted by atomic mass is 9.90. The number of carbonyl (C=O) groups is 2. The molecule has 7 heteroatoms. The largest absolute Gasteiger partial charge is 0.480 e. The van der Waals surface area contributed by atoms with Gasteiger partial charge in [-0.15, -0.1) is 0 Å². The molecule has 1 aromatic heterocycles. The number of benzene rings is 1. The van der Waals surface area contributed by atoms with Crippen LogP contribution in [0.3, 0.4) is 0 Å². The maximum atomic E-state index is 12.4. The zero-order chi connectivity index (χ0) is 16.3. The van der Waals surface area contributed by atoms with Gasteiger partial charge in [0.2, 0.25) is 0 Å². The summed E-state index contributed by atoms with van der Waals surface area (Å²) in [6, 6.07) is 10.9. The Morgan fingerprint density at radius 3 is 2.52 bits per heavy atom. The van der Waals surface area contributed by atoms with Gasteiger partial charge in [0.05, 0.1) is 5.69 Å². The van der Waals surface area contributed by atoms with Crippen molar-refractivity contribution in [2.45, 2.75) is 18.4 Å². The van der Waals surface area contributed by atoms with Crippen LogP contribution in [0.1, 0.15) is 23.3 Å². The van der Waals surface area contributed by atoms with Crippen molar-refractivity contribution in [2.24, 2.45) is 0 Å². The molecule has 23 heavy (non-hydrogen) atoms. The second-order valence-electron chi connectivity index (χ2n) is 5.43. The molecule has 1 aromatic carbocycles. The number of ether oxygens (including phenoxy) is 1. The molecule has 0 aliphatic carbocycles. The van der Waals surface area contributed by atoms with Crippen molar-refractivity contribution in [3.8, 4) is 5.69 Å². The Morgan fingerprint density at radius 2 is 1.87 bits per heavy atom. The molecule has 1 aliphatic heterocycles. The van der Waals surface area contributed by atoms with E-state index in [2.05, 4.69) is 10.4 Å². The van der Waals surface area contributed by atoms with Crippen LogP contribution in [-0.2, 0) is 9.53 Å². The maximum Gasteiger partial charge on any atom is 0.329 e. The third kappa shape index (κ3) is 3.09. The number of para-hydroxylation sites is 1. The molecule has 1 fully saturated rings. The van der Waals surface area contributed by atoms with Crippen molar-refractivity contribution in [3.05, 3.63) is 48.3 Å². The Labute approximate surface area is 132 Å². The first-order valence-electron chi connectivity index (χ1n) is 7.35. The average Bonchev–Trinajstić information content (AvgIpc) is 3.06. The smallest absolute Gasteiger partial charge is 0.329 e. The van der Waals surface area contributed by atoms with E-state index < -0.39 is 17.4 Å². The number of amides is 1. The normalized spacial score (nSPS) is 16.7. The molecule has 2 N–H and O–H groups in total. The highest BCUT2D eigenvalue weighted by molar-refractivity contribution is 5.96. The number of aliphatic carboxylic acids is 1. The van der Waals surface area contributed by atoms with Gasteiger partial charge >= 0.3 is 5.97 Å². The molecule has 3 rings (SSSR count). The molecular weight excluding hydrogens is 298 g/mol. The number of hydrogen-bond donors (Lipinski definition) is 2. The van der Waals surface area contributed by atoms with Gasteiger partial charge in [0.15, 0.2) is 5.69 Å². The van der Waals surface area contributed by atoms with E-state index in [0.29, 0.717) is 13.2 Å². The highest BCUT2D eigenvalue weighted by atomic mass is 16.5. The summed E-state index contributed by atoms with van der Waals surface area (Å²) in [5, 5.41) is 16.3. The fourth-order valence-electron chi connectivity index (χ4n) is 2.56. The van der Waals surface area contributed by atoms with Crippen LogP contribution in [0.2, 0.25) is 0 Å². The summed E-state index contributed by atoms with van der Waals surface area (Å²) in [5.74, 6) is -1.54. The maximum absolute atomic E-state index is 12.4. The Hall–Kier alpha value is -2.67. The van der Waals surface area contributed by atoms with Gasteiger partial charge in [0.1, 0.15) is 5.54 Å². The standard InChI is InChI=1S/C16H17N3O4/c20-14(17-16(15(21)22)7-10-23-11-8-16)13-6-9-19(18-13)12-4-2-1-3-5-12/h1-6,9H,7-8,10-11H2,(H,17,20)(H,21,22). The van der Waals surface area contributed by atoms with E-state index in [4.69, 9.17) is 4.74 Å². The van der Waals surface area contributed by atoms with Gasteiger partial charge in [0, 0.05) is 32.3 Å². The second kappa shape index (κ2) is 6.21. The Balaban J connectivity index is 1.78. The second-order valence-corrected chi connectivity index (χ2v) is 5.43. The number of hydrogen-bond acceptors (Lipinski definition) is 4. The van der Waals surface area contributed by atoms with Crippen LogP contribution in [-0.4, -0.2) is 45.5 Å². The van der Waals surface area contributed by atoms with Gasteiger partial charge in [-0.2, -0.15) is 5.10 Å². The van der Waals surface area contributed by atoms with Crippen LogP contribution in [0, 0.1) is 0 Å². The minimum Gasteiger partial charge on any atom is -0.480 e. The molecule has 2 heterocycles. The third-order valence-corrected chi connectivity index (χ3v) is 3.95. The first-order chi connectivity index (χ1) is 11.1. The van der Waals surface area contributed by atoms with E-state index in [1.807, 2.05) is 30.3 Å². The lowest BCUT2D eigenvalue weighted by Crippen LogP contribution is -2.57. The van der Waals surface area contributed by atoms with Crippen molar-refractivity contribution >= 4 is 11.9 Å². The number of nitrogens with zero attached hydrogens (tertiary/aromatic N) is 2. The molecule has 0 spiro atoms. The SMILES string of the molecule is O=C(NC1(C(=O)O)CCOCC1)c1ccn(-c2ccccc2)n1. The van der Waals surface area contributed by atoms with Gasteiger partial charge in [0.25, 0.3) is 5.91 Å². The van der Waals surface area contributed by atoms with E-state index in [0.717, 1.165) is 5.69 Å². The molecule has 120 valence electrons. The molecule has 1 aliphatic rings. The Bertz CT molecular complexity index is 705. The van der Waals surface area contributed by atoms with E-state index in [1.165, 1.54) is 0 Å². The molecule has 0 saturated carbocycles. The van der Waals surface area contributed by atoms with E-state index in [9.17, 15) is 14.7 Å². The summed E-state index contributed by atoms with van der Waals surface area (Å²) in [7, 11) is 0. The fourth-order valence-corrected chi connectivity index (χ4v) is 2.56. The van der Waals surface area contributed by atoms with Gasteiger partial charge < -0.3 is 15.2 Å². The van der Waals surface area contributed by atoms with Crippen LogP contribution < -0.4 is 5.32 Å². The summed E-state index contributed by atoms with van der Waals surface area (Å²) in [4.78, 5) is 24.0. The third-order valence-electron chi connectivity index (χ3n) is 3.95. The van der Waals surface area contributed by atoms with Gasteiger partial charge in [-0.25, -0.2) is 9.48 Å². The van der Waals surface area contributed by atoms with Gasteiger partial charge in [-0.3, -0.25) is 4.79 Å². The average molecular weight is 315 g/mol. The number of rotatable bonds is 4. The predicted molar refractivity (Wildman–Crippen MR) is 81.5 cm³/mol. The van der Waals surface area contributed by atoms with Crippen LogP contribution >= 0.6 is 0 Å². The van der Waals surface area contributed by atoms with E-state index >= 15 is 0 Å². The summed E-state index contributed by atoms with van der Waals surface area (Å²) in [6.45, 7) is 0.621. The molecule has 0 atom stereocenters. The lowest BCUT2D eigenvalue weighted by molar-refractivity contribution is -0.148. The highest BCUT2D eigenvalue weighted by Crippen LogP contribution is 2.21. The summed E-state index contributed by atoms with van der Waals surface area (Å²) in [5.41, 5.74) is -0.280. The summed E-state index contributed by atoms with van der Waals surface area (Å²) in [6.07, 6.45) is 2.16. The van der Waals surface area contributed by atoms with Crippen molar-refractivity contribution in [1.29, 1.82) is 0 Å². The number of carbonyl (C=O) groups excluding carboxylic acids is 1. The number of carboxylic acid groups (broad SMARTS) is 1. The molecular formula is C16H17N3O4. The first-order valence-corrected chi connectivity index (χ1v) is 7.35. The lowest BCUT2D eigenvalue weighted by Gasteiger charge is -2.33. The van der Waals surface area contributed by atoms with Crippen LogP contribution in [0.15, 0.2) is 42.6 Å². The molecule has 0 radical (unpaired) electrons. The highest BCUT2D eigenvalue weighted by Gasteiger charge is 2.42. The molecule has 7 nitrogen and oxygen atoms in total. The number of nitrogens with one attached hydrogen (secondary N) is 1. The zero-order valence-electron chi connectivity index (χ0n) is 12.4. The predicted octanol–water partition coefficient (Wildman–Crippen LogP) is 1.24. The van der Waals surface area contributed by atoms with Gasteiger partial charge in [-0.05, 0) is 18.2 Å². The van der Waals surface area contributed by atoms with Crippen LogP contribution in [0.25, 0.3) is 5.69 Å². The fraction of sp³-hybridized carbons (Fsp3) is 0.312. The molecule has 1 saturated heterocycles. The van der Waals surface area contributed by atoms with E-state index in [-0.39, 0.29) is 18.5 Å². The van der Waals surface area contributed by atoms with Crippen molar-refractivity contribution < 1.29 is 19.4 Å². The molecule has 1 amide bonds. The number of carboxylic acids is 1. The van der Waals surface area contributed by atoms with Crippen molar-refractivity contribution in [2.75, 3.05) is 13.2 Å². The first kappa shape index (κ1) is 15.2. The van der Waals surface area contributed by atoms with Crippen molar-refractivity contribution in [1.82, 2.24) is 15.1 Å². The minimum absolute atomic E-state index is 0.181. The Morgan fingerprint density at radius 1 is 1.17 bits per heavy atom. The molecule has 0 unspecified atom stereocenters. The minimum atomic E-state index is -1.29. The zero-order valence-corrected chi connectivity index (χ0v) is 12.4. The topological polar surface area (TPSA) is 93.5 Å². The quantitative estimate of drug-likeness (QED) is 0.885. The molecule has 2 aromatic rings. The van der Waals surface area contributed by atoms with Crippen LogP contribution in [0.5, 0.6) is 0 Å². The molecule has 0 bridgehead atoms. The van der Waals surface area contributed by atoms with E-state index in [1.54, 1.807) is 16.9 Å². The number of aromatic nitrogens is 2. The van der Waals surface area contributed by atoms with Crippen molar-refractivity contribution in [3.63, 3.8) is 0 Å². The Kier molecular flexibility index (Phi) is 4.12.